The first-order chi connectivity index (χ1) is 38.8. The van der Waals surface area contributed by atoms with Crippen molar-refractivity contribution in [1.82, 2.24) is 16.0 Å². The minimum Gasteiger partial charge on any atom is -0.445 e. The molecule has 1 spiro atoms. The van der Waals surface area contributed by atoms with Gasteiger partial charge in [0.2, 0.25) is 11.8 Å². The lowest BCUT2D eigenvalue weighted by atomic mass is 9.81. The Morgan fingerprint density at radius 3 is 2.30 bits per heavy atom. The number of benzene rings is 1. The van der Waals surface area contributed by atoms with Crippen LogP contribution in [0.3, 0.4) is 0 Å². The van der Waals surface area contributed by atoms with Crippen molar-refractivity contribution < 1.29 is 76.4 Å². The fraction of sp³-hybridized carbons (Fsp3) is 0.746. The van der Waals surface area contributed by atoms with E-state index in [1.165, 1.54) is 0 Å². The molecule has 448 valence electrons. The Bertz CT molecular complexity index is 2450. The highest BCUT2D eigenvalue weighted by molar-refractivity contribution is 5.97. The van der Waals surface area contributed by atoms with Gasteiger partial charge in [0.1, 0.15) is 49.0 Å². The second-order valence-corrected chi connectivity index (χ2v) is 24.6. The summed E-state index contributed by atoms with van der Waals surface area (Å²) >= 11 is 0. The third kappa shape index (κ3) is 13.8. The van der Waals surface area contributed by atoms with Gasteiger partial charge in [-0.1, -0.05) is 46.1 Å². The van der Waals surface area contributed by atoms with Crippen LogP contribution in [-0.4, -0.2) is 171 Å². The zero-order valence-corrected chi connectivity index (χ0v) is 47.3. The number of carbonyl (C=O) groups excluding carboxylic acids is 5. The van der Waals surface area contributed by atoms with Crippen LogP contribution in [0.15, 0.2) is 48.6 Å². The fourth-order valence-corrected chi connectivity index (χ4v) is 13.9. The molecule has 9 N–H and O–H groups in total. The number of amides is 5. The van der Waals surface area contributed by atoms with Gasteiger partial charge in [0.05, 0.1) is 73.2 Å². The first-order valence-electron chi connectivity index (χ1n) is 29.6. The van der Waals surface area contributed by atoms with Crippen molar-refractivity contribution in [2.75, 3.05) is 25.5 Å². The van der Waals surface area contributed by atoms with Crippen molar-refractivity contribution in [2.24, 2.45) is 29.2 Å². The molecule has 0 radical (unpaired) electrons. The molecule has 81 heavy (non-hydrogen) atoms. The van der Waals surface area contributed by atoms with E-state index in [2.05, 4.69) is 41.3 Å². The van der Waals surface area contributed by atoms with Crippen LogP contribution in [0.5, 0.6) is 0 Å². The third-order valence-corrected chi connectivity index (χ3v) is 18.4. The summed E-state index contributed by atoms with van der Waals surface area (Å²) in [5.41, 5.74) is 14.3. The van der Waals surface area contributed by atoms with E-state index >= 15 is 0 Å². The maximum atomic E-state index is 14.5. The lowest BCUT2D eigenvalue weighted by Gasteiger charge is -2.47. The van der Waals surface area contributed by atoms with E-state index in [4.69, 9.17) is 58.8 Å². The minimum atomic E-state index is -1.07. The smallest absolute Gasteiger partial charge is 0.407 e. The Kier molecular flexibility index (Phi) is 18.9. The number of nitrogens with two attached hydrogens (primary N) is 2. The number of nitrogens with one attached hydrogen (secondary N) is 4. The van der Waals surface area contributed by atoms with Crippen LogP contribution < -0.4 is 32.7 Å². The summed E-state index contributed by atoms with van der Waals surface area (Å²) in [5.74, 6) is -2.16. The van der Waals surface area contributed by atoms with Gasteiger partial charge in [0.25, 0.3) is 0 Å². The number of methoxy groups -OCH3 is 1. The second-order valence-electron chi connectivity index (χ2n) is 24.6. The van der Waals surface area contributed by atoms with E-state index in [1.807, 2.05) is 0 Å². The van der Waals surface area contributed by atoms with Gasteiger partial charge < -0.3 is 85.2 Å². The highest BCUT2D eigenvalue weighted by Crippen LogP contribution is 2.54. The van der Waals surface area contributed by atoms with Crippen LogP contribution in [0.1, 0.15) is 123 Å². The topological polar surface area (TPSA) is 298 Å². The number of primary amides is 1. The molecule has 5 amide bonds. The Morgan fingerprint density at radius 1 is 0.802 bits per heavy atom. The number of rotatable bonds is 16. The first kappa shape index (κ1) is 59.6. The molecule has 11 rings (SSSR count). The van der Waals surface area contributed by atoms with Crippen molar-refractivity contribution in [3.63, 3.8) is 0 Å². The van der Waals surface area contributed by atoms with Gasteiger partial charge in [-0.25, -0.2) is 9.59 Å². The van der Waals surface area contributed by atoms with Gasteiger partial charge in [0, 0.05) is 70.3 Å². The average Bonchev–Trinajstić information content (AvgIpc) is 4.06. The number of aliphatic hydroxyl groups excluding tert-OH is 1. The number of anilines is 1. The van der Waals surface area contributed by atoms with Crippen molar-refractivity contribution in [3.8, 4) is 0 Å². The third-order valence-electron chi connectivity index (χ3n) is 18.4. The molecule has 10 heterocycles. The van der Waals surface area contributed by atoms with Crippen LogP contribution in [0, 0.1) is 17.8 Å². The van der Waals surface area contributed by atoms with E-state index in [9.17, 15) is 29.1 Å². The molecule has 3 unspecified atom stereocenters. The monoisotopic (exact) mass is 1130 g/mol. The fourth-order valence-electron chi connectivity index (χ4n) is 13.9. The van der Waals surface area contributed by atoms with Crippen LogP contribution in [0.25, 0.3) is 0 Å². The Hall–Kier alpha value is -4.59. The molecule has 10 fully saturated rings. The van der Waals surface area contributed by atoms with Gasteiger partial charge in [-0.05, 0) is 98.5 Å². The van der Waals surface area contributed by atoms with E-state index in [1.54, 1.807) is 45.2 Å². The zero-order chi connectivity index (χ0) is 57.3. The molecule has 22 heteroatoms. The minimum absolute atomic E-state index is 0.0112. The normalized spacial score (nSPS) is 38.3. The van der Waals surface area contributed by atoms with Crippen molar-refractivity contribution in [3.05, 3.63) is 54.1 Å². The molecular formula is C59H86N6O16. The maximum absolute atomic E-state index is 14.5. The van der Waals surface area contributed by atoms with Crippen LogP contribution >= 0.6 is 0 Å². The van der Waals surface area contributed by atoms with Gasteiger partial charge >= 0.3 is 12.1 Å². The Balaban J connectivity index is 0.762. The molecule has 22 nitrogen and oxygen atoms in total. The van der Waals surface area contributed by atoms with Gasteiger partial charge in [0.15, 0.2) is 5.79 Å². The van der Waals surface area contributed by atoms with Crippen LogP contribution in [0.2, 0.25) is 0 Å². The molecule has 0 saturated carbocycles. The molecule has 0 aliphatic carbocycles. The van der Waals surface area contributed by atoms with Crippen molar-refractivity contribution in [1.29, 1.82) is 0 Å². The number of ketones is 1. The molecule has 1 aromatic carbocycles. The standard InChI is InChI=1S/C59H86N6O16/c1-29(2)48(60)56(69)65-41(8-7-19-62-57(61)70)55(68)64-34-11-9-33(10-12-34)28-73-58(71)63-27-36(67)24-46-49(72-6)40-23-35(66)22-38-14-16-43-50(76-38)54-53-52(78-43)51-47(79-53)26-59(80-51,81-54)18-17-39-21-31(4)42(74-39)15-13-37-20-30(3)32(5)44(75-37)25-45(40)77-46/h9-12,29-30,36-54,67H,4-5,7-8,13-28,60H2,1-3,6H3,(H,63,71)(H,64,68)(H,65,69)(H3,61,62,70)/t30-,36+,37+,38-,39+,40+,41+,42?,43+,44-,45+,46-,47-,48+,49-,50+,51+,52?,53-,54?,59+/m1/s1. The molecule has 0 aromatic heterocycles. The van der Waals surface area contributed by atoms with E-state index in [0.717, 1.165) is 43.3 Å². The number of hydrogen-bond acceptors (Lipinski definition) is 17. The first-order valence-corrected chi connectivity index (χ1v) is 29.6. The van der Waals surface area contributed by atoms with E-state index in [0.29, 0.717) is 49.8 Å². The Labute approximate surface area is 474 Å². The maximum Gasteiger partial charge on any atom is 0.407 e. The average molecular weight is 1140 g/mol. The predicted molar refractivity (Wildman–Crippen MR) is 292 cm³/mol. The van der Waals surface area contributed by atoms with Crippen molar-refractivity contribution in [2.45, 2.75) is 239 Å². The quantitative estimate of drug-likeness (QED) is 0.0899. The van der Waals surface area contributed by atoms with E-state index in [-0.39, 0.29) is 124 Å². The summed E-state index contributed by atoms with van der Waals surface area (Å²) in [6.45, 7) is 14.7. The number of ether oxygens (including phenoxy) is 10. The van der Waals surface area contributed by atoms with Gasteiger partial charge in [-0.2, -0.15) is 0 Å². The second kappa shape index (κ2) is 25.7. The number of carbonyl (C=O) groups is 5. The molecule has 12 bridgehead atoms. The summed E-state index contributed by atoms with van der Waals surface area (Å²) in [5, 5.41) is 22.1. The lowest BCUT2D eigenvalue weighted by Crippen LogP contribution is -2.61. The van der Waals surface area contributed by atoms with Gasteiger partial charge in [-0.15, -0.1) is 0 Å². The number of fused-ring (bicyclic) bond motifs is 6. The molecule has 10 aliphatic heterocycles. The van der Waals surface area contributed by atoms with E-state index < -0.39 is 84.4 Å². The molecule has 21 atom stereocenters. The van der Waals surface area contributed by atoms with Crippen LogP contribution in [-0.2, 0) is 68.4 Å². The summed E-state index contributed by atoms with van der Waals surface area (Å²) in [7, 11) is 1.59. The van der Waals surface area contributed by atoms with Crippen LogP contribution in [0.4, 0.5) is 15.3 Å². The molecule has 10 aliphatic rings. The summed E-state index contributed by atoms with van der Waals surface area (Å²) in [6, 6.07) is 4.17. The SMILES string of the molecule is C=C1C[C@@H]2CC[C@@]34C[C@H]5O[C@H]6C(O3)[C@H]3O[C@H](CC[C@@H]3OC6[C@H]5O4)CC(=O)C[C@@H]3[C@@H](OC)[C@@H](C[C@H](O)CNC(=O)OCc4ccc(NC(=O)[C@H](CCCNC(N)=O)NC(=O)[C@@H](N)C(C)C)cc4)O[C@H]3C[C@H]3O[C@@H](CCC1O2)C[C@@H](C)C3=C. The highest BCUT2D eigenvalue weighted by atomic mass is 16.8. The molecule has 1 aromatic rings. The lowest BCUT2D eigenvalue weighted by molar-refractivity contribution is -0.292. The number of aliphatic hydroxyl groups is 1. The summed E-state index contributed by atoms with van der Waals surface area (Å²) in [4.78, 5) is 64.7. The predicted octanol–water partition coefficient (Wildman–Crippen LogP) is 4.26. The molecule has 10 saturated heterocycles. The zero-order valence-electron chi connectivity index (χ0n) is 47.3. The number of urea groups is 1. The number of hydrogen-bond donors (Lipinski definition) is 7. The molecular weight excluding hydrogens is 1050 g/mol. The number of Topliss-reactive ketones (excluding diaryl/α,β-unsaturated/α-hetero) is 1. The summed E-state index contributed by atoms with van der Waals surface area (Å²) < 4.78 is 66.2. The van der Waals surface area contributed by atoms with Gasteiger partial charge in [-0.3, -0.25) is 14.4 Å². The highest BCUT2D eigenvalue weighted by Gasteiger charge is 2.69. The summed E-state index contributed by atoms with van der Waals surface area (Å²) in [6.07, 6.45) is 1.63. The largest absolute Gasteiger partial charge is 0.445 e. The number of alkyl carbamates (subject to hydrolysis) is 1. The van der Waals surface area contributed by atoms with Crippen molar-refractivity contribution >= 4 is 35.4 Å². The Morgan fingerprint density at radius 2 is 1.53 bits per heavy atom.